The summed E-state index contributed by atoms with van der Waals surface area (Å²) in [7, 11) is 0. The van der Waals surface area contributed by atoms with E-state index in [4.69, 9.17) is 5.73 Å². The van der Waals surface area contributed by atoms with Crippen LogP contribution in [0.15, 0.2) is 18.3 Å². The van der Waals surface area contributed by atoms with E-state index in [1.54, 1.807) is 6.07 Å². The van der Waals surface area contributed by atoms with Gasteiger partial charge in [0.25, 0.3) is 5.91 Å². The molecule has 1 aliphatic rings. The van der Waals surface area contributed by atoms with Crippen LogP contribution in [0.25, 0.3) is 0 Å². The summed E-state index contributed by atoms with van der Waals surface area (Å²) < 4.78 is 0. The van der Waals surface area contributed by atoms with Gasteiger partial charge in [-0.1, -0.05) is 25.7 Å². The van der Waals surface area contributed by atoms with Gasteiger partial charge in [0.05, 0.1) is 11.9 Å². The van der Waals surface area contributed by atoms with Crippen LogP contribution in [-0.2, 0) is 4.79 Å². The van der Waals surface area contributed by atoms with Gasteiger partial charge in [-0.25, -0.2) is 9.78 Å². The minimum absolute atomic E-state index is 0.184. The summed E-state index contributed by atoms with van der Waals surface area (Å²) in [6.45, 7) is 0. The lowest BCUT2D eigenvalue weighted by Crippen LogP contribution is -2.54. The normalized spacial score (nSPS) is 18.0. The topological polar surface area (TPSA) is 105 Å². The maximum atomic E-state index is 12.2. The molecule has 1 saturated carbocycles. The number of carboxylic acids is 1. The Morgan fingerprint density at radius 3 is 2.35 bits per heavy atom. The number of carboxylic acid groups (broad SMARTS) is 1. The molecular formula is C14H19N3O3. The van der Waals surface area contributed by atoms with Crippen molar-refractivity contribution < 1.29 is 14.7 Å². The van der Waals surface area contributed by atoms with Crippen molar-refractivity contribution >= 4 is 17.6 Å². The Kier molecular flexibility index (Phi) is 4.22. The minimum atomic E-state index is -1.17. The van der Waals surface area contributed by atoms with Crippen molar-refractivity contribution in [3.8, 4) is 0 Å². The lowest BCUT2D eigenvalue weighted by molar-refractivity contribution is -0.145. The average molecular weight is 277 g/mol. The molecule has 1 heterocycles. The Balaban J connectivity index is 2.17. The molecule has 20 heavy (non-hydrogen) atoms. The van der Waals surface area contributed by atoms with Crippen molar-refractivity contribution in [1.29, 1.82) is 0 Å². The fourth-order valence-corrected chi connectivity index (χ4v) is 2.55. The van der Waals surface area contributed by atoms with Crippen molar-refractivity contribution in [3.63, 3.8) is 0 Å². The monoisotopic (exact) mass is 277 g/mol. The first-order chi connectivity index (χ1) is 9.53. The third-order valence-corrected chi connectivity index (χ3v) is 3.74. The van der Waals surface area contributed by atoms with Gasteiger partial charge in [0.15, 0.2) is 0 Å². The Hall–Kier alpha value is -2.11. The fourth-order valence-electron chi connectivity index (χ4n) is 2.55. The van der Waals surface area contributed by atoms with Gasteiger partial charge < -0.3 is 16.2 Å². The van der Waals surface area contributed by atoms with Gasteiger partial charge in [0, 0.05) is 0 Å². The molecule has 0 spiro atoms. The second-order valence-corrected chi connectivity index (χ2v) is 5.23. The first-order valence-electron chi connectivity index (χ1n) is 6.81. The molecule has 4 N–H and O–H groups in total. The lowest BCUT2D eigenvalue weighted by atomic mass is 9.90. The van der Waals surface area contributed by atoms with E-state index >= 15 is 0 Å². The number of carbonyl (C=O) groups excluding carboxylic acids is 1. The SMILES string of the molecule is Nc1ccc(C(=O)NC2(C(=O)O)CCCCCC2)nc1. The second-order valence-electron chi connectivity index (χ2n) is 5.23. The summed E-state index contributed by atoms with van der Waals surface area (Å²) >= 11 is 0. The van der Waals surface area contributed by atoms with E-state index in [1.165, 1.54) is 12.3 Å². The maximum Gasteiger partial charge on any atom is 0.329 e. The predicted octanol–water partition coefficient (Wildman–Crippen LogP) is 1.57. The van der Waals surface area contributed by atoms with Crippen LogP contribution in [0, 0.1) is 0 Å². The number of aromatic nitrogens is 1. The number of rotatable bonds is 3. The highest BCUT2D eigenvalue weighted by Crippen LogP contribution is 2.27. The molecule has 1 aromatic rings. The Morgan fingerprint density at radius 1 is 1.20 bits per heavy atom. The highest BCUT2D eigenvalue weighted by molar-refractivity contribution is 5.96. The molecule has 108 valence electrons. The molecule has 2 rings (SSSR count). The predicted molar refractivity (Wildman–Crippen MR) is 74.2 cm³/mol. The molecule has 0 aromatic carbocycles. The van der Waals surface area contributed by atoms with E-state index in [0.717, 1.165) is 25.7 Å². The highest BCUT2D eigenvalue weighted by atomic mass is 16.4. The molecule has 1 aromatic heterocycles. The molecule has 6 heteroatoms. The number of hydrogen-bond donors (Lipinski definition) is 3. The number of pyridine rings is 1. The van der Waals surface area contributed by atoms with Gasteiger partial charge in [-0.3, -0.25) is 4.79 Å². The molecule has 0 saturated heterocycles. The summed E-state index contributed by atoms with van der Waals surface area (Å²) in [6, 6.07) is 3.07. The van der Waals surface area contributed by atoms with Crippen LogP contribution in [0.5, 0.6) is 0 Å². The average Bonchev–Trinajstić information content (AvgIpc) is 2.66. The number of nitrogens with two attached hydrogens (primary N) is 1. The van der Waals surface area contributed by atoms with E-state index in [-0.39, 0.29) is 5.69 Å². The molecule has 0 unspecified atom stereocenters. The molecular weight excluding hydrogens is 258 g/mol. The van der Waals surface area contributed by atoms with Gasteiger partial charge in [-0.05, 0) is 25.0 Å². The molecule has 1 amide bonds. The van der Waals surface area contributed by atoms with Crippen molar-refractivity contribution in [3.05, 3.63) is 24.0 Å². The van der Waals surface area contributed by atoms with Gasteiger partial charge in [0.1, 0.15) is 11.2 Å². The highest BCUT2D eigenvalue weighted by Gasteiger charge is 2.40. The lowest BCUT2D eigenvalue weighted by Gasteiger charge is -2.29. The van der Waals surface area contributed by atoms with Gasteiger partial charge in [-0.15, -0.1) is 0 Å². The standard InChI is InChI=1S/C14H19N3O3/c15-10-5-6-11(16-9-10)12(18)17-14(13(19)20)7-3-1-2-4-8-14/h5-6,9H,1-4,7-8,15H2,(H,17,18)(H,19,20). The summed E-state index contributed by atoms with van der Waals surface area (Å²) in [6.07, 6.45) is 5.93. The van der Waals surface area contributed by atoms with Crippen molar-refractivity contribution in [2.24, 2.45) is 0 Å². The van der Waals surface area contributed by atoms with Crippen LogP contribution in [-0.4, -0.2) is 27.5 Å². The number of nitrogens with one attached hydrogen (secondary N) is 1. The van der Waals surface area contributed by atoms with Crippen LogP contribution < -0.4 is 11.1 Å². The second kappa shape index (κ2) is 5.90. The third-order valence-electron chi connectivity index (χ3n) is 3.74. The number of hydrogen-bond acceptors (Lipinski definition) is 4. The number of amides is 1. The number of nitrogens with zero attached hydrogens (tertiary/aromatic N) is 1. The largest absolute Gasteiger partial charge is 0.480 e. The van der Waals surface area contributed by atoms with Crippen LogP contribution in [0.4, 0.5) is 5.69 Å². The van der Waals surface area contributed by atoms with E-state index in [2.05, 4.69) is 10.3 Å². The van der Waals surface area contributed by atoms with Crippen LogP contribution in [0.3, 0.4) is 0 Å². The molecule has 1 fully saturated rings. The van der Waals surface area contributed by atoms with Crippen molar-refractivity contribution in [2.75, 3.05) is 5.73 Å². The summed E-state index contributed by atoms with van der Waals surface area (Å²) in [5.74, 6) is -1.43. The number of anilines is 1. The van der Waals surface area contributed by atoms with Crippen LogP contribution >= 0.6 is 0 Å². The zero-order valence-corrected chi connectivity index (χ0v) is 11.3. The zero-order valence-electron chi connectivity index (χ0n) is 11.3. The minimum Gasteiger partial charge on any atom is -0.480 e. The smallest absolute Gasteiger partial charge is 0.329 e. The summed E-state index contributed by atoms with van der Waals surface area (Å²) in [5, 5.41) is 12.2. The van der Waals surface area contributed by atoms with E-state index in [0.29, 0.717) is 18.5 Å². The van der Waals surface area contributed by atoms with Gasteiger partial charge in [0.2, 0.25) is 0 Å². The van der Waals surface area contributed by atoms with Gasteiger partial charge in [-0.2, -0.15) is 0 Å². The maximum absolute atomic E-state index is 12.2. The molecule has 6 nitrogen and oxygen atoms in total. The van der Waals surface area contributed by atoms with E-state index in [9.17, 15) is 14.7 Å². The molecule has 0 radical (unpaired) electrons. The van der Waals surface area contributed by atoms with E-state index in [1.807, 2.05) is 0 Å². The first-order valence-corrected chi connectivity index (χ1v) is 6.81. The Morgan fingerprint density at radius 2 is 1.85 bits per heavy atom. The molecule has 0 bridgehead atoms. The Labute approximate surface area is 117 Å². The van der Waals surface area contributed by atoms with Crippen molar-refractivity contribution in [1.82, 2.24) is 10.3 Å². The molecule has 0 aliphatic heterocycles. The van der Waals surface area contributed by atoms with Gasteiger partial charge >= 0.3 is 5.97 Å². The summed E-state index contributed by atoms with van der Waals surface area (Å²) in [4.78, 5) is 27.7. The number of carbonyl (C=O) groups is 2. The third kappa shape index (κ3) is 3.07. The van der Waals surface area contributed by atoms with Crippen LogP contribution in [0.1, 0.15) is 49.0 Å². The Bertz CT molecular complexity index is 491. The first kappa shape index (κ1) is 14.3. The van der Waals surface area contributed by atoms with E-state index < -0.39 is 17.4 Å². The fraction of sp³-hybridized carbons (Fsp3) is 0.500. The van der Waals surface area contributed by atoms with Crippen LogP contribution in [0.2, 0.25) is 0 Å². The number of nitrogen functional groups attached to an aromatic ring is 1. The molecule has 0 atom stereocenters. The number of aliphatic carboxylic acids is 1. The quantitative estimate of drug-likeness (QED) is 0.727. The molecule has 1 aliphatic carbocycles. The summed E-state index contributed by atoms with van der Waals surface area (Å²) in [5.41, 5.74) is 4.99. The zero-order chi connectivity index (χ0) is 14.6. The van der Waals surface area contributed by atoms with Crippen molar-refractivity contribution in [2.45, 2.75) is 44.1 Å².